The highest BCUT2D eigenvalue weighted by Gasteiger charge is 2.65. The van der Waals surface area contributed by atoms with Crippen LogP contribution in [-0.2, 0) is 16.0 Å². The quantitative estimate of drug-likeness (QED) is 0.766. The molecule has 0 radical (unpaired) electrons. The summed E-state index contributed by atoms with van der Waals surface area (Å²) in [5.41, 5.74) is -0.473. The van der Waals surface area contributed by atoms with Gasteiger partial charge in [0.15, 0.2) is 0 Å². The SMILES string of the molecule is CC1(C)CC1(O)C(=O)Nc1ccc(CC(=O)O)cc1. The Balaban J connectivity index is 2.01. The van der Waals surface area contributed by atoms with E-state index in [1.165, 1.54) is 0 Å². The number of hydrogen-bond acceptors (Lipinski definition) is 3. The second kappa shape index (κ2) is 4.35. The van der Waals surface area contributed by atoms with Crippen LogP contribution in [0.1, 0.15) is 25.8 Å². The number of amides is 1. The van der Waals surface area contributed by atoms with Crippen LogP contribution < -0.4 is 5.32 Å². The second-order valence-electron chi connectivity index (χ2n) is 5.64. The summed E-state index contributed by atoms with van der Waals surface area (Å²) in [5.74, 6) is -1.31. The maximum atomic E-state index is 11.9. The second-order valence-corrected chi connectivity index (χ2v) is 5.64. The lowest BCUT2D eigenvalue weighted by Crippen LogP contribution is -2.33. The fourth-order valence-electron chi connectivity index (χ4n) is 2.10. The van der Waals surface area contributed by atoms with E-state index in [1.54, 1.807) is 24.3 Å². The van der Waals surface area contributed by atoms with Crippen molar-refractivity contribution in [1.29, 1.82) is 0 Å². The van der Waals surface area contributed by atoms with Gasteiger partial charge in [0.05, 0.1) is 6.42 Å². The lowest BCUT2D eigenvalue weighted by molar-refractivity contribution is -0.136. The molecule has 0 aliphatic heterocycles. The average molecular weight is 263 g/mol. The number of anilines is 1. The Morgan fingerprint density at radius 3 is 2.21 bits per heavy atom. The minimum absolute atomic E-state index is 0.0504. The first-order valence-corrected chi connectivity index (χ1v) is 6.09. The number of aliphatic hydroxyl groups is 1. The van der Waals surface area contributed by atoms with E-state index >= 15 is 0 Å². The molecule has 1 aromatic rings. The number of rotatable bonds is 4. The molecule has 0 bridgehead atoms. The molecule has 1 saturated carbocycles. The lowest BCUT2D eigenvalue weighted by Gasteiger charge is -2.14. The predicted molar refractivity (Wildman–Crippen MR) is 69.8 cm³/mol. The Bertz CT molecular complexity index is 521. The molecule has 0 saturated heterocycles. The molecule has 2 rings (SSSR count). The molecule has 1 atom stereocenters. The fourth-order valence-corrected chi connectivity index (χ4v) is 2.10. The summed E-state index contributed by atoms with van der Waals surface area (Å²) in [6.45, 7) is 3.67. The van der Waals surface area contributed by atoms with Crippen LogP contribution in [-0.4, -0.2) is 27.7 Å². The topological polar surface area (TPSA) is 86.6 Å². The molecule has 5 nitrogen and oxygen atoms in total. The molecule has 0 aromatic heterocycles. The third-order valence-electron chi connectivity index (χ3n) is 3.64. The number of nitrogens with one attached hydrogen (secondary N) is 1. The summed E-state index contributed by atoms with van der Waals surface area (Å²) in [5, 5.41) is 21.4. The largest absolute Gasteiger partial charge is 0.481 e. The van der Waals surface area contributed by atoms with E-state index < -0.39 is 17.5 Å². The molecule has 1 aliphatic rings. The van der Waals surface area contributed by atoms with E-state index in [9.17, 15) is 14.7 Å². The van der Waals surface area contributed by atoms with Gasteiger partial charge in [-0.05, 0) is 24.1 Å². The fraction of sp³-hybridized carbons (Fsp3) is 0.429. The highest BCUT2D eigenvalue weighted by Crippen LogP contribution is 2.55. The zero-order valence-corrected chi connectivity index (χ0v) is 10.9. The van der Waals surface area contributed by atoms with Crippen LogP contribution in [0.25, 0.3) is 0 Å². The van der Waals surface area contributed by atoms with Crippen LogP contribution in [0.4, 0.5) is 5.69 Å². The zero-order chi connectivity index (χ0) is 14.3. The first-order valence-electron chi connectivity index (χ1n) is 6.09. The third-order valence-corrected chi connectivity index (χ3v) is 3.64. The van der Waals surface area contributed by atoms with Crippen LogP contribution in [0, 0.1) is 5.41 Å². The number of carboxylic acid groups (broad SMARTS) is 1. The Labute approximate surface area is 111 Å². The molecule has 102 valence electrons. The van der Waals surface area contributed by atoms with E-state index in [1.807, 2.05) is 13.8 Å². The summed E-state index contributed by atoms with van der Waals surface area (Å²) in [6, 6.07) is 6.56. The molecule has 1 aromatic carbocycles. The van der Waals surface area contributed by atoms with Crippen molar-refractivity contribution in [3.8, 4) is 0 Å². The minimum Gasteiger partial charge on any atom is -0.481 e. The first kappa shape index (κ1) is 13.5. The Morgan fingerprint density at radius 1 is 1.26 bits per heavy atom. The highest BCUT2D eigenvalue weighted by molar-refractivity contribution is 6.00. The smallest absolute Gasteiger partial charge is 0.307 e. The van der Waals surface area contributed by atoms with Crippen LogP contribution in [0.5, 0.6) is 0 Å². The van der Waals surface area contributed by atoms with Crippen molar-refractivity contribution in [2.75, 3.05) is 5.32 Å². The van der Waals surface area contributed by atoms with Crippen LogP contribution in [0.2, 0.25) is 0 Å². The minimum atomic E-state index is -1.30. The van der Waals surface area contributed by atoms with Gasteiger partial charge in [-0.1, -0.05) is 26.0 Å². The standard InChI is InChI=1S/C14H17NO4/c1-13(2)8-14(13,19)12(18)15-10-5-3-9(4-6-10)7-11(16)17/h3-6,19H,7-8H2,1-2H3,(H,15,18)(H,16,17). The van der Waals surface area contributed by atoms with Gasteiger partial charge in [0.1, 0.15) is 5.60 Å². The number of carbonyl (C=O) groups is 2. The molecular formula is C14H17NO4. The van der Waals surface area contributed by atoms with Crippen molar-refractivity contribution < 1.29 is 19.8 Å². The lowest BCUT2D eigenvalue weighted by atomic mass is 10.1. The molecule has 1 aliphatic carbocycles. The molecule has 0 spiro atoms. The number of carbonyl (C=O) groups excluding carboxylic acids is 1. The zero-order valence-electron chi connectivity index (χ0n) is 10.9. The molecule has 3 N–H and O–H groups in total. The predicted octanol–water partition coefficient (Wildman–Crippen LogP) is 1.41. The van der Waals surface area contributed by atoms with E-state index in [0.717, 1.165) is 0 Å². The molecule has 1 fully saturated rings. The van der Waals surface area contributed by atoms with Crippen molar-refractivity contribution in [2.24, 2.45) is 5.41 Å². The van der Waals surface area contributed by atoms with E-state index in [4.69, 9.17) is 5.11 Å². The Morgan fingerprint density at radius 2 is 1.79 bits per heavy atom. The van der Waals surface area contributed by atoms with Gasteiger partial charge in [-0.25, -0.2) is 0 Å². The van der Waals surface area contributed by atoms with Crippen molar-refractivity contribution in [3.63, 3.8) is 0 Å². The Hall–Kier alpha value is -1.88. The maximum absolute atomic E-state index is 11.9. The van der Waals surface area contributed by atoms with Crippen molar-refractivity contribution >= 4 is 17.6 Å². The number of benzene rings is 1. The summed E-state index contributed by atoms with van der Waals surface area (Å²) in [7, 11) is 0. The van der Waals surface area contributed by atoms with Gasteiger partial charge in [-0.3, -0.25) is 9.59 Å². The number of aliphatic carboxylic acids is 1. The molecule has 1 unspecified atom stereocenters. The third kappa shape index (κ3) is 2.61. The van der Waals surface area contributed by atoms with E-state index in [0.29, 0.717) is 17.7 Å². The van der Waals surface area contributed by atoms with Gasteiger partial charge in [-0.2, -0.15) is 0 Å². The van der Waals surface area contributed by atoms with Gasteiger partial charge in [-0.15, -0.1) is 0 Å². The van der Waals surface area contributed by atoms with Gasteiger partial charge in [0.2, 0.25) is 0 Å². The molecule has 1 amide bonds. The van der Waals surface area contributed by atoms with Gasteiger partial charge in [0.25, 0.3) is 5.91 Å². The average Bonchev–Trinajstić information content (AvgIpc) is 2.82. The van der Waals surface area contributed by atoms with Crippen LogP contribution >= 0.6 is 0 Å². The van der Waals surface area contributed by atoms with E-state index in [2.05, 4.69) is 5.32 Å². The summed E-state index contributed by atoms with van der Waals surface area (Å²) >= 11 is 0. The Kier molecular flexibility index (Phi) is 3.10. The number of hydrogen-bond donors (Lipinski definition) is 3. The normalized spacial score (nSPS) is 23.7. The van der Waals surface area contributed by atoms with E-state index in [-0.39, 0.29) is 11.8 Å². The van der Waals surface area contributed by atoms with Crippen molar-refractivity contribution in [1.82, 2.24) is 0 Å². The molecule has 0 heterocycles. The van der Waals surface area contributed by atoms with Gasteiger partial charge in [0, 0.05) is 11.1 Å². The van der Waals surface area contributed by atoms with Gasteiger partial charge < -0.3 is 15.5 Å². The monoisotopic (exact) mass is 263 g/mol. The molecular weight excluding hydrogens is 246 g/mol. The summed E-state index contributed by atoms with van der Waals surface area (Å²) < 4.78 is 0. The first-order chi connectivity index (χ1) is 8.74. The summed E-state index contributed by atoms with van der Waals surface area (Å²) in [6.07, 6.45) is 0.397. The van der Waals surface area contributed by atoms with Crippen molar-refractivity contribution in [3.05, 3.63) is 29.8 Å². The van der Waals surface area contributed by atoms with Gasteiger partial charge >= 0.3 is 5.97 Å². The summed E-state index contributed by atoms with van der Waals surface area (Å²) in [4.78, 5) is 22.5. The molecule has 19 heavy (non-hydrogen) atoms. The highest BCUT2D eigenvalue weighted by atomic mass is 16.4. The van der Waals surface area contributed by atoms with Crippen molar-refractivity contribution in [2.45, 2.75) is 32.3 Å². The maximum Gasteiger partial charge on any atom is 0.307 e. The van der Waals surface area contributed by atoms with Crippen LogP contribution in [0.15, 0.2) is 24.3 Å². The van der Waals surface area contributed by atoms with Crippen LogP contribution in [0.3, 0.4) is 0 Å². The number of carboxylic acids is 1. The molecule has 5 heteroatoms.